The predicted molar refractivity (Wildman–Crippen MR) is 120 cm³/mol. The van der Waals surface area contributed by atoms with E-state index in [0.29, 0.717) is 23.5 Å². The number of aryl methyl sites for hydroxylation is 1. The maximum Gasteiger partial charge on any atom is 0.282 e. The average molecular weight is 396 g/mol. The number of rotatable bonds is 5. The molecule has 0 spiro atoms. The van der Waals surface area contributed by atoms with Gasteiger partial charge in [-0.25, -0.2) is 4.90 Å². The van der Waals surface area contributed by atoms with Crippen molar-refractivity contribution in [2.45, 2.75) is 20.4 Å². The van der Waals surface area contributed by atoms with Gasteiger partial charge in [0, 0.05) is 13.6 Å². The largest absolute Gasteiger partial charge is 0.365 e. The first-order valence-corrected chi connectivity index (χ1v) is 9.99. The van der Waals surface area contributed by atoms with Crippen LogP contribution in [0.5, 0.6) is 0 Å². The first-order chi connectivity index (χ1) is 14.5. The van der Waals surface area contributed by atoms with E-state index in [0.717, 1.165) is 22.3 Å². The summed E-state index contributed by atoms with van der Waals surface area (Å²) in [6, 6.07) is 25.1. The molecule has 0 fully saturated rings. The minimum Gasteiger partial charge on any atom is -0.365 e. The van der Waals surface area contributed by atoms with Gasteiger partial charge < -0.3 is 4.90 Å². The minimum atomic E-state index is -0.286. The fraction of sp³-hybridized carbons (Fsp3) is 0.154. The third kappa shape index (κ3) is 3.41. The lowest BCUT2D eigenvalue weighted by Gasteiger charge is -2.22. The number of likely N-dealkylation sites (N-methyl/N-ethyl adjacent to an activating group) is 1. The Kier molecular flexibility index (Phi) is 5.23. The molecule has 1 heterocycles. The molecule has 0 atom stereocenters. The van der Waals surface area contributed by atoms with E-state index in [2.05, 4.69) is 0 Å². The second-order valence-corrected chi connectivity index (χ2v) is 7.60. The van der Waals surface area contributed by atoms with E-state index < -0.39 is 0 Å². The fourth-order valence-corrected chi connectivity index (χ4v) is 3.87. The van der Waals surface area contributed by atoms with Gasteiger partial charge in [0.1, 0.15) is 5.70 Å². The zero-order valence-electron chi connectivity index (χ0n) is 17.4. The lowest BCUT2D eigenvalue weighted by atomic mass is 10.0. The van der Waals surface area contributed by atoms with E-state index in [1.165, 1.54) is 4.90 Å². The summed E-state index contributed by atoms with van der Waals surface area (Å²) in [6.45, 7) is 4.46. The van der Waals surface area contributed by atoms with Gasteiger partial charge in [-0.3, -0.25) is 9.59 Å². The lowest BCUT2D eigenvalue weighted by molar-refractivity contribution is -0.120. The van der Waals surface area contributed by atoms with E-state index >= 15 is 0 Å². The van der Waals surface area contributed by atoms with Crippen LogP contribution in [0.4, 0.5) is 5.69 Å². The Morgan fingerprint density at radius 1 is 0.767 bits per heavy atom. The molecule has 3 aromatic rings. The lowest BCUT2D eigenvalue weighted by Crippen LogP contribution is -2.34. The van der Waals surface area contributed by atoms with Crippen LogP contribution in [-0.2, 0) is 16.1 Å². The molecule has 2 amide bonds. The molecule has 0 saturated heterocycles. The first-order valence-electron chi connectivity index (χ1n) is 9.99. The normalized spacial score (nSPS) is 13.9. The third-order valence-electron chi connectivity index (χ3n) is 5.58. The number of benzene rings is 3. The van der Waals surface area contributed by atoms with Gasteiger partial charge in [0.25, 0.3) is 11.8 Å². The summed E-state index contributed by atoms with van der Waals surface area (Å²) in [4.78, 5) is 30.4. The fourth-order valence-electron chi connectivity index (χ4n) is 3.87. The van der Waals surface area contributed by atoms with E-state index in [4.69, 9.17) is 0 Å². The van der Waals surface area contributed by atoms with E-state index in [-0.39, 0.29) is 11.8 Å². The van der Waals surface area contributed by atoms with Crippen LogP contribution in [-0.4, -0.2) is 23.8 Å². The van der Waals surface area contributed by atoms with Crippen LogP contribution in [0.25, 0.3) is 5.57 Å². The summed E-state index contributed by atoms with van der Waals surface area (Å²) in [5.41, 5.74) is 5.31. The van der Waals surface area contributed by atoms with E-state index in [1.54, 1.807) is 0 Å². The van der Waals surface area contributed by atoms with Crippen molar-refractivity contribution >= 4 is 23.1 Å². The van der Waals surface area contributed by atoms with Gasteiger partial charge in [-0.2, -0.15) is 0 Å². The molecular weight excluding hydrogens is 372 g/mol. The first kappa shape index (κ1) is 19.6. The van der Waals surface area contributed by atoms with Crippen molar-refractivity contribution in [3.63, 3.8) is 0 Å². The Morgan fingerprint density at radius 2 is 1.40 bits per heavy atom. The number of imide groups is 1. The molecule has 30 heavy (non-hydrogen) atoms. The number of hydrogen-bond acceptors (Lipinski definition) is 3. The summed E-state index contributed by atoms with van der Waals surface area (Å²) in [5, 5.41) is 0. The number of hydrogen-bond donors (Lipinski definition) is 0. The zero-order valence-corrected chi connectivity index (χ0v) is 17.4. The van der Waals surface area contributed by atoms with Crippen molar-refractivity contribution in [3.05, 3.63) is 107 Å². The van der Waals surface area contributed by atoms with Gasteiger partial charge in [0.2, 0.25) is 0 Å². The number of anilines is 1. The molecule has 1 aliphatic heterocycles. The zero-order chi connectivity index (χ0) is 21.3. The molecule has 0 aromatic heterocycles. The molecule has 0 N–H and O–H groups in total. The Hall–Kier alpha value is -3.66. The molecule has 4 nitrogen and oxygen atoms in total. The molecule has 0 saturated carbocycles. The van der Waals surface area contributed by atoms with Crippen molar-refractivity contribution in [2.75, 3.05) is 11.9 Å². The highest BCUT2D eigenvalue weighted by atomic mass is 16.2. The number of carbonyl (C=O) groups excluding carboxylic acids is 2. The highest BCUT2D eigenvalue weighted by molar-refractivity contribution is 6.45. The van der Waals surface area contributed by atoms with Crippen LogP contribution in [0, 0.1) is 13.8 Å². The van der Waals surface area contributed by atoms with Crippen LogP contribution >= 0.6 is 0 Å². The molecule has 0 bridgehead atoms. The maximum atomic E-state index is 13.6. The number of carbonyl (C=O) groups is 2. The van der Waals surface area contributed by atoms with Crippen molar-refractivity contribution in [1.29, 1.82) is 0 Å². The summed E-state index contributed by atoms with van der Waals surface area (Å²) >= 11 is 0. The quantitative estimate of drug-likeness (QED) is 0.586. The number of amides is 2. The Labute approximate surface area is 177 Å². The highest BCUT2D eigenvalue weighted by Crippen LogP contribution is 2.36. The topological polar surface area (TPSA) is 40.6 Å². The van der Waals surface area contributed by atoms with Crippen LogP contribution in [0.15, 0.2) is 84.6 Å². The monoisotopic (exact) mass is 396 g/mol. The molecule has 4 heteroatoms. The SMILES string of the molecule is Cc1cccc(N2C(=O)C(c3ccccc3)=C(N(C)Cc3ccccc3)C2=O)c1C. The molecular formula is C26H24N2O2. The summed E-state index contributed by atoms with van der Waals surface area (Å²) in [6.07, 6.45) is 0. The van der Waals surface area contributed by atoms with E-state index in [1.807, 2.05) is 105 Å². The molecule has 0 aliphatic carbocycles. The van der Waals surface area contributed by atoms with Gasteiger partial charge in [-0.15, -0.1) is 0 Å². The van der Waals surface area contributed by atoms with Gasteiger partial charge in [0.05, 0.1) is 11.3 Å². The van der Waals surface area contributed by atoms with Gasteiger partial charge in [0.15, 0.2) is 0 Å². The maximum absolute atomic E-state index is 13.6. The molecule has 0 radical (unpaired) electrons. The van der Waals surface area contributed by atoms with Crippen LogP contribution < -0.4 is 4.90 Å². The molecule has 3 aromatic carbocycles. The van der Waals surface area contributed by atoms with Crippen molar-refractivity contribution in [3.8, 4) is 0 Å². The third-order valence-corrected chi connectivity index (χ3v) is 5.58. The Morgan fingerprint density at radius 3 is 2.07 bits per heavy atom. The van der Waals surface area contributed by atoms with Crippen LogP contribution in [0.3, 0.4) is 0 Å². The second kappa shape index (κ2) is 7.99. The Balaban J connectivity index is 1.82. The Bertz CT molecular complexity index is 1130. The second-order valence-electron chi connectivity index (χ2n) is 7.60. The predicted octanol–water partition coefficient (Wildman–Crippen LogP) is 4.72. The summed E-state index contributed by atoms with van der Waals surface area (Å²) in [7, 11) is 1.86. The summed E-state index contributed by atoms with van der Waals surface area (Å²) < 4.78 is 0. The molecule has 1 aliphatic rings. The molecule has 0 unspecified atom stereocenters. The number of nitrogens with zero attached hydrogens (tertiary/aromatic N) is 2. The smallest absolute Gasteiger partial charge is 0.282 e. The standard InChI is InChI=1S/C26H24N2O2/c1-18-11-10-16-22(19(18)2)28-25(29)23(21-14-8-5-9-15-21)24(26(28)30)27(3)17-20-12-6-4-7-13-20/h4-16H,17H2,1-3H3. The summed E-state index contributed by atoms with van der Waals surface area (Å²) in [5.74, 6) is -0.569. The van der Waals surface area contributed by atoms with Crippen LogP contribution in [0.2, 0.25) is 0 Å². The van der Waals surface area contributed by atoms with Crippen molar-refractivity contribution in [2.24, 2.45) is 0 Å². The molecule has 150 valence electrons. The molecule has 4 rings (SSSR count). The van der Waals surface area contributed by atoms with Gasteiger partial charge in [-0.1, -0.05) is 72.8 Å². The van der Waals surface area contributed by atoms with Crippen LogP contribution in [0.1, 0.15) is 22.3 Å². The van der Waals surface area contributed by atoms with Gasteiger partial charge >= 0.3 is 0 Å². The average Bonchev–Trinajstić information content (AvgIpc) is 3.02. The van der Waals surface area contributed by atoms with Crippen molar-refractivity contribution < 1.29 is 9.59 Å². The highest BCUT2D eigenvalue weighted by Gasteiger charge is 2.42. The van der Waals surface area contributed by atoms with E-state index in [9.17, 15) is 9.59 Å². The van der Waals surface area contributed by atoms with Crippen molar-refractivity contribution in [1.82, 2.24) is 4.90 Å². The van der Waals surface area contributed by atoms with Gasteiger partial charge in [-0.05, 0) is 42.2 Å². The minimum absolute atomic E-state index is 0.283.